The molecule has 3 rings (SSSR count). The van der Waals surface area contributed by atoms with Crippen molar-refractivity contribution in [2.24, 2.45) is 0 Å². The minimum Gasteiger partial charge on any atom is -0.400 e. The molecule has 2 aromatic rings. The number of rotatable bonds is 3. The molecule has 23 heavy (non-hydrogen) atoms. The molecule has 2 aromatic carbocycles. The van der Waals surface area contributed by atoms with Crippen LogP contribution in [0.4, 0.5) is 0 Å². The lowest BCUT2D eigenvalue weighted by Crippen LogP contribution is -2.29. The van der Waals surface area contributed by atoms with Crippen LogP contribution in [0.25, 0.3) is 0 Å². The van der Waals surface area contributed by atoms with Crippen molar-refractivity contribution in [1.82, 2.24) is 4.90 Å². The summed E-state index contributed by atoms with van der Waals surface area (Å²) in [5, 5.41) is 7.00. The zero-order chi connectivity index (χ0) is 17.0. The Morgan fingerprint density at radius 2 is 1.57 bits per heavy atom. The molecule has 0 unspecified atom stereocenters. The Morgan fingerprint density at radius 1 is 1.00 bits per heavy atom. The van der Waals surface area contributed by atoms with Crippen molar-refractivity contribution in [2.45, 2.75) is 6.54 Å². The zero-order valence-corrected chi connectivity index (χ0v) is 13.9. The van der Waals surface area contributed by atoms with Gasteiger partial charge in [0, 0.05) is 17.1 Å². The van der Waals surface area contributed by atoms with Gasteiger partial charge in [0.05, 0.1) is 17.7 Å². The van der Waals surface area contributed by atoms with E-state index in [1.807, 2.05) is 0 Å². The maximum absolute atomic E-state index is 12.3. The number of fused-ring (bicyclic) bond motifs is 1. The average molecular weight is 376 g/mol. The first kappa shape index (κ1) is 17.1. The maximum Gasteiger partial charge on any atom is 0.261 e. The predicted octanol–water partition coefficient (Wildman–Crippen LogP) is 2.67. The molecule has 0 aromatic heterocycles. The lowest BCUT2D eigenvalue weighted by atomic mass is 10.1. The summed E-state index contributed by atoms with van der Waals surface area (Å²) in [5.74, 6) is -0.613. The Hall–Kier alpha value is -2.31. The Labute approximate surface area is 141 Å². The molecular formula is C17H14BrNO4. The van der Waals surface area contributed by atoms with E-state index in [9.17, 15) is 14.4 Å². The number of benzene rings is 2. The van der Waals surface area contributed by atoms with E-state index in [0.717, 1.165) is 13.4 Å². The Bertz CT molecular complexity index is 738. The second kappa shape index (κ2) is 7.30. The van der Waals surface area contributed by atoms with Crippen molar-refractivity contribution in [1.29, 1.82) is 0 Å². The number of halogens is 1. The van der Waals surface area contributed by atoms with E-state index in [1.54, 1.807) is 42.5 Å². The molecule has 1 aliphatic heterocycles. The predicted molar refractivity (Wildman–Crippen MR) is 88.3 cm³/mol. The summed E-state index contributed by atoms with van der Waals surface area (Å²) in [7, 11) is 1.00. The van der Waals surface area contributed by atoms with Gasteiger partial charge in [-0.3, -0.25) is 19.3 Å². The van der Waals surface area contributed by atoms with Crippen LogP contribution in [-0.4, -0.2) is 35.2 Å². The summed E-state index contributed by atoms with van der Waals surface area (Å²) in [6.07, 6.45) is 0.732. The van der Waals surface area contributed by atoms with Gasteiger partial charge in [0.15, 0.2) is 6.29 Å². The molecule has 0 saturated carbocycles. The van der Waals surface area contributed by atoms with E-state index < -0.39 is 0 Å². The summed E-state index contributed by atoms with van der Waals surface area (Å²) >= 11 is 3.34. The molecule has 0 fully saturated rings. The fourth-order valence-corrected chi connectivity index (χ4v) is 2.85. The molecular weight excluding hydrogens is 362 g/mol. The van der Waals surface area contributed by atoms with E-state index >= 15 is 0 Å². The van der Waals surface area contributed by atoms with Crippen LogP contribution in [0.15, 0.2) is 46.9 Å². The highest BCUT2D eigenvalue weighted by Gasteiger charge is 2.35. The number of nitrogens with zero attached hydrogens (tertiary/aromatic N) is 1. The fraction of sp³-hybridized carbons (Fsp3) is 0.118. The highest BCUT2D eigenvalue weighted by atomic mass is 79.9. The molecule has 6 heteroatoms. The molecule has 1 aliphatic rings. The van der Waals surface area contributed by atoms with Crippen LogP contribution >= 0.6 is 15.9 Å². The van der Waals surface area contributed by atoms with Crippen molar-refractivity contribution < 1.29 is 19.5 Å². The number of aldehydes is 1. The third kappa shape index (κ3) is 3.09. The van der Waals surface area contributed by atoms with Crippen molar-refractivity contribution in [3.05, 3.63) is 69.2 Å². The van der Waals surface area contributed by atoms with Gasteiger partial charge in [0.25, 0.3) is 11.8 Å². The second-order valence-electron chi connectivity index (χ2n) is 4.68. The number of aliphatic hydroxyl groups is 1. The highest BCUT2D eigenvalue weighted by Crippen LogP contribution is 2.27. The summed E-state index contributed by atoms with van der Waals surface area (Å²) in [6.45, 7) is 0.134. The summed E-state index contributed by atoms with van der Waals surface area (Å²) in [6, 6.07) is 11.9. The highest BCUT2D eigenvalue weighted by molar-refractivity contribution is 9.10. The number of aliphatic hydroxyl groups excluding tert-OH is 1. The first-order valence-corrected chi connectivity index (χ1v) is 7.55. The van der Waals surface area contributed by atoms with Crippen molar-refractivity contribution in [3.8, 4) is 0 Å². The number of carbonyl (C=O) groups is 3. The van der Waals surface area contributed by atoms with Gasteiger partial charge in [-0.05, 0) is 33.6 Å². The monoisotopic (exact) mass is 375 g/mol. The van der Waals surface area contributed by atoms with Crippen molar-refractivity contribution in [2.75, 3.05) is 7.11 Å². The molecule has 5 nitrogen and oxygen atoms in total. The molecule has 0 radical (unpaired) electrons. The molecule has 0 atom stereocenters. The van der Waals surface area contributed by atoms with E-state index in [4.69, 9.17) is 5.11 Å². The molecule has 0 bridgehead atoms. The van der Waals surface area contributed by atoms with Crippen molar-refractivity contribution in [3.63, 3.8) is 0 Å². The summed E-state index contributed by atoms with van der Waals surface area (Å²) in [4.78, 5) is 36.7. The molecule has 118 valence electrons. The van der Waals surface area contributed by atoms with Gasteiger partial charge >= 0.3 is 0 Å². The Morgan fingerprint density at radius 3 is 2.09 bits per heavy atom. The minimum absolute atomic E-state index is 0.134. The van der Waals surface area contributed by atoms with Crippen molar-refractivity contribution >= 4 is 34.0 Å². The third-order valence-electron chi connectivity index (χ3n) is 3.44. The standard InChI is InChI=1S/C16H10BrNO3.CH4O/c17-14-10(4-3-5-11(14)9-19)8-18-15(20)12-6-1-2-7-13(12)16(18)21;1-2/h1-7,9H,8H2;2H,1H3. The molecule has 0 saturated heterocycles. The maximum atomic E-state index is 12.3. The van der Waals surface area contributed by atoms with E-state index in [1.165, 1.54) is 4.90 Å². The topological polar surface area (TPSA) is 74.7 Å². The first-order chi connectivity index (χ1) is 11.1. The van der Waals surface area contributed by atoms with Crippen LogP contribution in [0.2, 0.25) is 0 Å². The van der Waals surface area contributed by atoms with Gasteiger partial charge in [0.1, 0.15) is 0 Å². The molecule has 2 amide bonds. The van der Waals surface area contributed by atoms with Gasteiger partial charge in [-0.1, -0.05) is 30.3 Å². The van der Waals surface area contributed by atoms with Gasteiger partial charge < -0.3 is 5.11 Å². The lowest BCUT2D eigenvalue weighted by Gasteiger charge is -2.15. The van der Waals surface area contributed by atoms with Gasteiger partial charge in [-0.25, -0.2) is 0 Å². The lowest BCUT2D eigenvalue weighted by molar-refractivity contribution is 0.0642. The number of carbonyl (C=O) groups excluding carboxylic acids is 3. The smallest absolute Gasteiger partial charge is 0.261 e. The van der Waals surface area contributed by atoms with Crippen LogP contribution in [-0.2, 0) is 6.54 Å². The minimum atomic E-state index is -0.306. The molecule has 0 aliphatic carbocycles. The van der Waals surface area contributed by atoms with E-state index in [0.29, 0.717) is 26.7 Å². The quantitative estimate of drug-likeness (QED) is 0.660. The van der Waals surface area contributed by atoms with Crippen LogP contribution in [0.3, 0.4) is 0 Å². The summed E-state index contributed by atoms with van der Waals surface area (Å²) < 4.78 is 0.608. The fourth-order valence-electron chi connectivity index (χ4n) is 2.37. The van der Waals surface area contributed by atoms with Crippen LogP contribution in [0.5, 0.6) is 0 Å². The van der Waals surface area contributed by atoms with Gasteiger partial charge in [0.2, 0.25) is 0 Å². The Balaban J connectivity index is 0.000000924. The Kier molecular flexibility index (Phi) is 5.41. The third-order valence-corrected chi connectivity index (χ3v) is 4.41. The number of amides is 2. The largest absolute Gasteiger partial charge is 0.400 e. The van der Waals surface area contributed by atoms with Gasteiger partial charge in [-0.15, -0.1) is 0 Å². The number of hydrogen-bond acceptors (Lipinski definition) is 4. The molecule has 1 N–H and O–H groups in total. The first-order valence-electron chi connectivity index (χ1n) is 6.76. The SMILES string of the molecule is CO.O=Cc1cccc(CN2C(=O)c3ccccc3C2=O)c1Br. The molecule has 1 heterocycles. The van der Waals surface area contributed by atoms with Crippen LogP contribution < -0.4 is 0 Å². The summed E-state index contributed by atoms with van der Waals surface area (Å²) in [5.41, 5.74) is 2.05. The zero-order valence-electron chi connectivity index (χ0n) is 12.3. The van der Waals surface area contributed by atoms with Crippen LogP contribution in [0, 0.1) is 0 Å². The van der Waals surface area contributed by atoms with E-state index in [2.05, 4.69) is 15.9 Å². The number of imide groups is 1. The number of hydrogen-bond donors (Lipinski definition) is 1. The van der Waals surface area contributed by atoms with Gasteiger partial charge in [-0.2, -0.15) is 0 Å². The normalized spacial score (nSPS) is 12.6. The second-order valence-corrected chi connectivity index (χ2v) is 5.47. The van der Waals surface area contributed by atoms with Crippen LogP contribution in [0.1, 0.15) is 36.6 Å². The average Bonchev–Trinajstić information content (AvgIpc) is 2.84. The molecule has 0 spiro atoms. The van der Waals surface area contributed by atoms with E-state index in [-0.39, 0.29) is 18.4 Å².